The number of hydrogen-bond acceptors (Lipinski definition) is 3. The molecule has 3 rings (SSSR count). The van der Waals surface area contributed by atoms with Gasteiger partial charge in [0.15, 0.2) is 0 Å². The second-order valence-corrected chi connectivity index (χ2v) is 8.87. The summed E-state index contributed by atoms with van der Waals surface area (Å²) < 4.78 is 77.4. The van der Waals surface area contributed by atoms with E-state index in [9.17, 15) is 26.7 Å². The summed E-state index contributed by atoms with van der Waals surface area (Å²) in [5, 5.41) is 8.92. The Morgan fingerprint density at radius 2 is 1.68 bits per heavy atom. The first kappa shape index (κ1) is 28.9. The third-order valence-corrected chi connectivity index (χ3v) is 6.07. The Labute approximate surface area is 218 Å². The highest BCUT2D eigenvalue weighted by Crippen LogP contribution is 2.37. The molecule has 9 heteroatoms. The zero-order chi connectivity index (χ0) is 27.9. The lowest BCUT2D eigenvalue weighted by Crippen LogP contribution is -2.16. The third kappa shape index (κ3) is 7.94. The van der Waals surface area contributed by atoms with Gasteiger partial charge in [-0.15, -0.1) is 0 Å². The van der Waals surface area contributed by atoms with E-state index >= 15 is 0 Å². The van der Waals surface area contributed by atoms with Crippen LogP contribution in [0.15, 0.2) is 60.7 Å². The topological polar surface area (TPSA) is 55.8 Å². The number of ether oxygens (including phenoxy) is 2. The lowest BCUT2D eigenvalue weighted by atomic mass is 10.0. The van der Waals surface area contributed by atoms with Crippen molar-refractivity contribution in [1.82, 2.24) is 0 Å². The summed E-state index contributed by atoms with van der Waals surface area (Å²) in [7, 11) is 0. The molecule has 0 aliphatic carbocycles. The highest BCUT2D eigenvalue weighted by atomic mass is 19.4. The second-order valence-electron chi connectivity index (χ2n) is 8.87. The molecule has 1 atom stereocenters. The Morgan fingerprint density at radius 3 is 2.29 bits per heavy atom. The van der Waals surface area contributed by atoms with Crippen molar-refractivity contribution >= 4 is 5.97 Å². The average molecular weight is 537 g/mol. The van der Waals surface area contributed by atoms with Gasteiger partial charge in [0, 0.05) is 24.0 Å². The minimum atomic E-state index is -4.51. The average Bonchev–Trinajstić information content (AvgIpc) is 2.87. The van der Waals surface area contributed by atoms with Gasteiger partial charge in [-0.2, -0.15) is 13.2 Å². The number of hydrogen-bond donors (Lipinski definition) is 1. The largest absolute Gasteiger partial charge is 0.493 e. The number of halogens is 5. The van der Waals surface area contributed by atoms with E-state index in [4.69, 9.17) is 14.6 Å². The first-order valence-electron chi connectivity index (χ1n) is 12.2. The quantitative estimate of drug-likeness (QED) is 0.238. The van der Waals surface area contributed by atoms with Crippen LogP contribution in [0.3, 0.4) is 0 Å². The van der Waals surface area contributed by atoms with Crippen molar-refractivity contribution in [2.45, 2.75) is 58.2 Å². The number of aryl methyl sites for hydroxylation is 2. The minimum Gasteiger partial charge on any atom is -0.493 e. The van der Waals surface area contributed by atoms with Crippen molar-refractivity contribution in [3.05, 3.63) is 82.9 Å². The summed E-state index contributed by atoms with van der Waals surface area (Å²) in [6, 6.07) is 13.7. The third-order valence-electron chi connectivity index (χ3n) is 6.07. The molecule has 3 aromatic rings. The van der Waals surface area contributed by atoms with Crippen LogP contribution in [-0.2, 0) is 23.8 Å². The van der Waals surface area contributed by atoms with Crippen molar-refractivity contribution in [2.75, 3.05) is 6.61 Å². The molecular weight excluding hydrogens is 507 g/mol. The molecule has 0 spiro atoms. The molecule has 3 aromatic carbocycles. The van der Waals surface area contributed by atoms with Crippen LogP contribution >= 0.6 is 0 Å². The highest BCUT2D eigenvalue weighted by Gasteiger charge is 2.30. The van der Waals surface area contributed by atoms with Crippen LogP contribution in [0.1, 0.15) is 55.4 Å². The van der Waals surface area contributed by atoms with E-state index in [1.54, 1.807) is 13.0 Å². The number of aliphatic carboxylic acids is 1. The van der Waals surface area contributed by atoms with Crippen LogP contribution < -0.4 is 9.47 Å². The number of carbonyl (C=O) groups is 1. The van der Waals surface area contributed by atoms with E-state index in [1.807, 2.05) is 19.1 Å². The maximum absolute atomic E-state index is 13.3. The molecule has 0 aromatic heterocycles. The van der Waals surface area contributed by atoms with Crippen LogP contribution in [0.4, 0.5) is 22.0 Å². The Hall–Kier alpha value is -3.62. The normalized spacial score (nSPS) is 12.4. The van der Waals surface area contributed by atoms with Gasteiger partial charge in [-0.1, -0.05) is 25.1 Å². The fraction of sp³-hybridized carbons (Fsp3) is 0.345. The molecule has 0 radical (unpaired) electrons. The van der Waals surface area contributed by atoms with Gasteiger partial charge in [-0.3, -0.25) is 4.79 Å². The fourth-order valence-electron chi connectivity index (χ4n) is 3.98. The number of carboxylic acids is 1. The van der Waals surface area contributed by atoms with Crippen molar-refractivity contribution in [3.8, 4) is 22.6 Å². The van der Waals surface area contributed by atoms with Crippen molar-refractivity contribution < 1.29 is 41.3 Å². The molecule has 0 saturated heterocycles. The lowest BCUT2D eigenvalue weighted by molar-refractivity contribution is -0.138. The van der Waals surface area contributed by atoms with E-state index in [0.717, 1.165) is 29.7 Å². The van der Waals surface area contributed by atoms with Crippen LogP contribution in [0.25, 0.3) is 11.1 Å². The van der Waals surface area contributed by atoms with Crippen LogP contribution in [0, 0.1) is 0 Å². The van der Waals surface area contributed by atoms with E-state index in [1.165, 1.54) is 30.3 Å². The summed E-state index contributed by atoms with van der Waals surface area (Å²) in [5.74, 6) is 0.0595. The van der Waals surface area contributed by atoms with Gasteiger partial charge >= 0.3 is 12.1 Å². The molecule has 1 N–H and O–H groups in total. The summed E-state index contributed by atoms with van der Waals surface area (Å²) in [6.07, 6.45) is -5.97. The smallest absolute Gasteiger partial charge is 0.416 e. The van der Waals surface area contributed by atoms with E-state index < -0.39 is 24.1 Å². The molecule has 0 bridgehead atoms. The van der Waals surface area contributed by atoms with Gasteiger partial charge in [-0.25, -0.2) is 8.78 Å². The number of alkyl halides is 5. The number of carboxylic acid groups (broad SMARTS) is 1. The maximum Gasteiger partial charge on any atom is 0.416 e. The highest BCUT2D eigenvalue weighted by molar-refractivity contribution is 5.71. The van der Waals surface area contributed by atoms with Crippen LogP contribution in [-0.4, -0.2) is 23.8 Å². The van der Waals surface area contributed by atoms with Gasteiger partial charge in [0.1, 0.15) is 11.5 Å². The minimum absolute atomic E-state index is 0.0504. The van der Waals surface area contributed by atoms with Crippen molar-refractivity contribution in [3.63, 3.8) is 0 Å². The fourth-order valence-corrected chi connectivity index (χ4v) is 3.98. The first-order valence-corrected chi connectivity index (χ1v) is 12.2. The summed E-state index contributed by atoms with van der Waals surface area (Å²) in [5.41, 5.74) is 1.47. The monoisotopic (exact) mass is 536 g/mol. The first-order chi connectivity index (χ1) is 18.0. The Kier molecular flexibility index (Phi) is 9.72. The molecule has 0 aliphatic heterocycles. The van der Waals surface area contributed by atoms with Gasteiger partial charge < -0.3 is 14.6 Å². The molecule has 204 valence electrons. The molecule has 4 nitrogen and oxygen atoms in total. The van der Waals surface area contributed by atoms with Gasteiger partial charge in [-0.05, 0) is 78.9 Å². The van der Waals surface area contributed by atoms with E-state index in [-0.39, 0.29) is 29.4 Å². The lowest BCUT2D eigenvalue weighted by Gasteiger charge is -2.19. The molecular formula is C29H29F5O4. The standard InChI is InChI=1S/C29H29F5O4/c1-3-19-16-24(11-6-20(19)8-13-27(35)36)37-15-14-18(2)38-26-12-7-22(28(30)31)17-25(26)21-4-9-23(10-5-21)29(32,33)34/h4-7,9-12,16-18,28H,3,8,13-15H2,1-2H3,(H,35,36)/t18-/m1/s1. The Bertz CT molecular complexity index is 1220. The predicted molar refractivity (Wildman–Crippen MR) is 134 cm³/mol. The SMILES string of the molecule is CCc1cc(OCC[C@@H](C)Oc2ccc(C(F)F)cc2-c2ccc(C(F)(F)F)cc2)ccc1CCC(=O)O. The van der Waals surface area contributed by atoms with Crippen LogP contribution in [0.2, 0.25) is 0 Å². The molecule has 0 unspecified atom stereocenters. The summed E-state index contributed by atoms with van der Waals surface area (Å²) in [6.45, 7) is 4.06. The molecule has 0 aliphatic rings. The molecule has 0 fully saturated rings. The summed E-state index contributed by atoms with van der Waals surface area (Å²) in [4.78, 5) is 10.9. The maximum atomic E-state index is 13.3. The zero-order valence-electron chi connectivity index (χ0n) is 21.0. The van der Waals surface area contributed by atoms with Gasteiger partial charge in [0.25, 0.3) is 6.43 Å². The zero-order valence-corrected chi connectivity index (χ0v) is 21.0. The molecule has 38 heavy (non-hydrogen) atoms. The van der Waals surface area contributed by atoms with Gasteiger partial charge in [0.2, 0.25) is 0 Å². The Morgan fingerprint density at radius 1 is 0.974 bits per heavy atom. The summed E-state index contributed by atoms with van der Waals surface area (Å²) >= 11 is 0. The van der Waals surface area contributed by atoms with Crippen LogP contribution in [0.5, 0.6) is 11.5 Å². The van der Waals surface area contributed by atoms with E-state index in [2.05, 4.69) is 0 Å². The molecule has 0 saturated carbocycles. The van der Waals surface area contributed by atoms with Crippen molar-refractivity contribution in [1.29, 1.82) is 0 Å². The van der Waals surface area contributed by atoms with Crippen molar-refractivity contribution in [2.24, 2.45) is 0 Å². The van der Waals surface area contributed by atoms with Gasteiger partial charge in [0.05, 0.1) is 18.3 Å². The Balaban J connectivity index is 1.68. The number of benzene rings is 3. The molecule has 0 amide bonds. The number of rotatable bonds is 12. The second kappa shape index (κ2) is 12.8. The van der Waals surface area contributed by atoms with E-state index in [0.29, 0.717) is 30.8 Å². The molecule has 0 heterocycles. The predicted octanol–water partition coefficient (Wildman–Crippen LogP) is 8.13.